The summed E-state index contributed by atoms with van der Waals surface area (Å²) in [5, 5.41) is 2.77. The van der Waals surface area contributed by atoms with E-state index in [0.29, 0.717) is 18.1 Å². The number of nitrogens with one attached hydrogen (secondary N) is 1. The van der Waals surface area contributed by atoms with Crippen LogP contribution in [0.15, 0.2) is 47.1 Å². The summed E-state index contributed by atoms with van der Waals surface area (Å²) < 4.78 is 41.7. The molecule has 10 heteroatoms. The molecule has 33 heavy (non-hydrogen) atoms. The van der Waals surface area contributed by atoms with E-state index < -0.39 is 18.6 Å². The number of halogens is 2. The topological polar surface area (TPSA) is 113 Å². The number of carbonyl (C=O) groups excluding carboxylic acids is 1. The Kier molecular flexibility index (Phi) is 6.83. The number of hydrogen-bond donors (Lipinski definition) is 2. The number of aromatic nitrogens is 2. The molecule has 1 amide bonds. The Morgan fingerprint density at radius 2 is 2.12 bits per heavy atom. The highest BCUT2D eigenvalue weighted by Crippen LogP contribution is 2.37. The standard InChI is InChI=1S/C23H24F2N4O4/c1-13(26)20-19(21(30)28-11-15-3-2-8-27-10-15)29-22(33-20)16-6-7-17(32-23(24)25)18(9-16)31-12-14-4-5-14/h2-3,6-10,13-14,23H,4-5,11-12,26H2,1H3,(H,28,30)/t13-/m0/s1. The molecule has 0 saturated heterocycles. The number of oxazole rings is 1. The zero-order valence-corrected chi connectivity index (χ0v) is 18.0. The molecule has 1 aliphatic carbocycles. The molecule has 3 N–H and O–H groups in total. The third kappa shape index (κ3) is 5.83. The summed E-state index contributed by atoms with van der Waals surface area (Å²) in [4.78, 5) is 21.1. The summed E-state index contributed by atoms with van der Waals surface area (Å²) in [5.74, 6) is 0.361. The predicted molar refractivity (Wildman–Crippen MR) is 115 cm³/mol. The molecule has 0 aliphatic heterocycles. The van der Waals surface area contributed by atoms with Crippen molar-refractivity contribution < 1.29 is 27.5 Å². The van der Waals surface area contributed by atoms with E-state index in [1.54, 1.807) is 25.4 Å². The smallest absolute Gasteiger partial charge is 0.387 e. The SMILES string of the molecule is C[C@H](N)c1oc(-c2ccc(OC(F)F)c(OCC3CC3)c2)nc1C(=O)NCc1cccnc1. The fourth-order valence-electron chi connectivity index (χ4n) is 3.13. The number of nitrogens with zero attached hydrogens (tertiary/aromatic N) is 2. The van der Waals surface area contributed by atoms with E-state index in [2.05, 4.69) is 20.0 Å². The molecule has 2 heterocycles. The maximum atomic E-state index is 12.8. The quantitative estimate of drug-likeness (QED) is 0.471. The monoisotopic (exact) mass is 458 g/mol. The van der Waals surface area contributed by atoms with Crippen LogP contribution in [0.4, 0.5) is 8.78 Å². The molecule has 1 fully saturated rings. The van der Waals surface area contributed by atoms with Crippen molar-refractivity contribution in [1.82, 2.24) is 15.3 Å². The lowest BCUT2D eigenvalue weighted by Gasteiger charge is -2.12. The highest BCUT2D eigenvalue weighted by molar-refractivity contribution is 5.93. The third-order valence-electron chi connectivity index (χ3n) is 5.04. The molecule has 1 atom stereocenters. The molecule has 0 spiro atoms. The molecule has 3 aromatic rings. The lowest BCUT2D eigenvalue weighted by molar-refractivity contribution is -0.0515. The molecule has 8 nitrogen and oxygen atoms in total. The van der Waals surface area contributed by atoms with Gasteiger partial charge in [0.15, 0.2) is 23.0 Å². The zero-order valence-electron chi connectivity index (χ0n) is 18.0. The number of carbonyl (C=O) groups is 1. The second-order valence-electron chi connectivity index (χ2n) is 7.86. The minimum atomic E-state index is -2.99. The van der Waals surface area contributed by atoms with Crippen molar-refractivity contribution in [3.05, 3.63) is 59.7 Å². The van der Waals surface area contributed by atoms with Crippen LogP contribution in [-0.2, 0) is 6.54 Å². The van der Waals surface area contributed by atoms with Gasteiger partial charge in [0.25, 0.3) is 5.91 Å². The van der Waals surface area contributed by atoms with Gasteiger partial charge in [-0.1, -0.05) is 6.07 Å². The Balaban J connectivity index is 1.58. The average Bonchev–Trinajstić information content (AvgIpc) is 3.52. The van der Waals surface area contributed by atoms with Gasteiger partial charge in [0.2, 0.25) is 5.89 Å². The van der Waals surface area contributed by atoms with Gasteiger partial charge >= 0.3 is 6.61 Å². The van der Waals surface area contributed by atoms with Crippen molar-refractivity contribution in [3.8, 4) is 23.0 Å². The van der Waals surface area contributed by atoms with Gasteiger partial charge in [-0.05, 0) is 55.5 Å². The van der Waals surface area contributed by atoms with Crippen LogP contribution in [0, 0.1) is 5.92 Å². The van der Waals surface area contributed by atoms with Crippen LogP contribution < -0.4 is 20.5 Å². The van der Waals surface area contributed by atoms with Gasteiger partial charge in [0.05, 0.1) is 12.6 Å². The van der Waals surface area contributed by atoms with Gasteiger partial charge in [0.1, 0.15) is 0 Å². The Labute approximate surface area is 189 Å². The summed E-state index contributed by atoms with van der Waals surface area (Å²) in [6, 6.07) is 7.39. The highest BCUT2D eigenvalue weighted by Gasteiger charge is 2.26. The molecule has 1 aromatic carbocycles. The second kappa shape index (κ2) is 9.95. The summed E-state index contributed by atoms with van der Waals surface area (Å²) in [5.41, 5.74) is 7.31. The first-order valence-corrected chi connectivity index (χ1v) is 10.6. The normalized spacial score (nSPS) is 14.2. The van der Waals surface area contributed by atoms with E-state index in [0.717, 1.165) is 18.4 Å². The van der Waals surface area contributed by atoms with Crippen molar-refractivity contribution in [3.63, 3.8) is 0 Å². The third-order valence-corrected chi connectivity index (χ3v) is 5.04. The van der Waals surface area contributed by atoms with E-state index in [1.165, 1.54) is 18.2 Å². The number of nitrogens with two attached hydrogens (primary N) is 1. The Morgan fingerprint density at radius 3 is 2.79 bits per heavy atom. The maximum Gasteiger partial charge on any atom is 0.387 e. The van der Waals surface area contributed by atoms with Crippen LogP contribution >= 0.6 is 0 Å². The van der Waals surface area contributed by atoms with Crippen LogP contribution in [0.25, 0.3) is 11.5 Å². The second-order valence-corrected chi connectivity index (χ2v) is 7.86. The minimum Gasteiger partial charge on any atom is -0.489 e. The van der Waals surface area contributed by atoms with Gasteiger partial charge in [-0.25, -0.2) is 4.98 Å². The van der Waals surface area contributed by atoms with Crippen molar-refractivity contribution in [1.29, 1.82) is 0 Å². The number of amides is 1. The molecular formula is C23H24F2N4O4. The first-order valence-electron chi connectivity index (χ1n) is 10.6. The summed E-state index contributed by atoms with van der Waals surface area (Å²) in [6.45, 7) is -0.652. The Morgan fingerprint density at radius 1 is 1.30 bits per heavy atom. The molecular weight excluding hydrogens is 434 g/mol. The molecule has 1 aliphatic rings. The van der Waals surface area contributed by atoms with Crippen LogP contribution in [0.3, 0.4) is 0 Å². The highest BCUT2D eigenvalue weighted by atomic mass is 19.3. The predicted octanol–water partition coefficient (Wildman–Crippen LogP) is 4.08. The fraction of sp³-hybridized carbons (Fsp3) is 0.348. The zero-order chi connectivity index (χ0) is 23.4. The van der Waals surface area contributed by atoms with Gasteiger partial charge < -0.3 is 24.9 Å². The van der Waals surface area contributed by atoms with E-state index in [4.69, 9.17) is 14.9 Å². The molecule has 0 unspecified atom stereocenters. The van der Waals surface area contributed by atoms with E-state index >= 15 is 0 Å². The Bertz CT molecular complexity index is 1100. The summed E-state index contributed by atoms with van der Waals surface area (Å²) in [7, 11) is 0. The van der Waals surface area contributed by atoms with Crippen molar-refractivity contribution in [2.75, 3.05) is 6.61 Å². The van der Waals surface area contributed by atoms with Gasteiger partial charge in [0, 0.05) is 24.5 Å². The largest absolute Gasteiger partial charge is 0.489 e. The molecule has 174 valence electrons. The molecule has 0 radical (unpaired) electrons. The van der Waals surface area contributed by atoms with Crippen LogP contribution in [-0.4, -0.2) is 29.1 Å². The summed E-state index contributed by atoms with van der Waals surface area (Å²) >= 11 is 0. The number of ether oxygens (including phenoxy) is 2. The number of benzene rings is 1. The average molecular weight is 458 g/mol. The maximum absolute atomic E-state index is 12.8. The fourth-order valence-corrected chi connectivity index (χ4v) is 3.13. The molecule has 2 aromatic heterocycles. The lowest BCUT2D eigenvalue weighted by Crippen LogP contribution is -2.25. The van der Waals surface area contributed by atoms with Gasteiger partial charge in [-0.2, -0.15) is 8.78 Å². The number of rotatable bonds is 10. The van der Waals surface area contributed by atoms with Crippen LogP contribution in [0.5, 0.6) is 11.5 Å². The van der Waals surface area contributed by atoms with Gasteiger partial charge in [-0.3, -0.25) is 9.78 Å². The van der Waals surface area contributed by atoms with Crippen LogP contribution in [0.2, 0.25) is 0 Å². The van der Waals surface area contributed by atoms with E-state index in [9.17, 15) is 13.6 Å². The van der Waals surface area contributed by atoms with E-state index in [-0.39, 0.29) is 35.4 Å². The molecule has 4 rings (SSSR count). The summed E-state index contributed by atoms with van der Waals surface area (Å²) in [6.07, 6.45) is 5.37. The Hall–Kier alpha value is -3.53. The van der Waals surface area contributed by atoms with Crippen molar-refractivity contribution in [2.24, 2.45) is 11.7 Å². The molecule has 0 bridgehead atoms. The minimum absolute atomic E-state index is 0.0530. The first kappa shape index (κ1) is 22.7. The van der Waals surface area contributed by atoms with Crippen molar-refractivity contribution in [2.45, 2.75) is 39.0 Å². The van der Waals surface area contributed by atoms with Crippen molar-refractivity contribution >= 4 is 5.91 Å². The number of hydrogen-bond acceptors (Lipinski definition) is 7. The lowest BCUT2D eigenvalue weighted by atomic mass is 10.2. The first-order chi connectivity index (χ1) is 15.9. The number of alkyl halides is 2. The van der Waals surface area contributed by atoms with Crippen LogP contribution in [0.1, 0.15) is 47.6 Å². The van der Waals surface area contributed by atoms with E-state index in [1.807, 2.05) is 6.07 Å². The number of pyridine rings is 1. The molecule has 1 saturated carbocycles. The van der Waals surface area contributed by atoms with Gasteiger partial charge in [-0.15, -0.1) is 0 Å².